The Hall–Kier alpha value is -2.17. The lowest BCUT2D eigenvalue weighted by Gasteiger charge is -2.22. The van der Waals surface area contributed by atoms with E-state index < -0.39 is 5.79 Å². The first-order valence-corrected chi connectivity index (χ1v) is 9.52. The summed E-state index contributed by atoms with van der Waals surface area (Å²) >= 11 is 0. The molecule has 0 aliphatic carbocycles. The Kier molecular flexibility index (Phi) is 4.79. The van der Waals surface area contributed by atoms with Gasteiger partial charge in [0.1, 0.15) is 0 Å². The van der Waals surface area contributed by atoms with Crippen molar-refractivity contribution in [3.8, 4) is 0 Å². The standard InChI is InChI=1S/C22H25NO3/c1-2-3-7-18-10-11-20-19(16-18)22(25-14-15-26-22)21(24)23(20)13-12-17-8-5-4-6-9-17/h4-6,8-11,16H,2-3,7,12-15H2,1H3. The van der Waals surface area contributed by atoms with Crippen molar-refractivity contribution in [1.29, 1.82) is 0 Å². The van der Waals surface area contributed by atoms with Crippen LogP contribution in [0, 0.1) is 0 Å². The molecule has 1 fully saturated rings. The topological polar surface area (TPSA) is 38.8 Å². The number of rotatable bonds is 6. The molecule has 0 unspecified atom stereocenters. The number of fused-ring (bicyclic) bond motifs is 2. The van der Waals surface area contributed by atoms with Crippen molar-refractivity contribution >= 4 is 11.6 Å². The van der Waals surface area contributed by atoms with Gasteiger partial charge < -0.3 is 14.4 Å². The molecule has 2 aromatic rings. The lowest BCUT2D eigenvalue weighted by molar-refractivity contribution is -0.180. The van der Waals surface area contributed by atoms with Crippen LogP contribution in [0.5, 0.6) is 0 Å². The zero-order valence-electron chi connectivity index (χ0n) is 15.2. The van der Waals surface area contributed by atoms with E-state index >= 15 is 0 Å². The van der Waals surface area contributed by atoms with Gasteiger partial charge in [0.2, 0.25) is 0 Å². The SMILES string of the molecule is CCCCc1ccc2c(c1)C1(OCCO1)C(=O)N2CCc1ccccc1. The summed E-state index contributed by atoms with van der Waals surface area (Å²) in [5.74, 6) is -1.32. The second-order valence-electron chi connectivity index (χ2n) is 6.96. The number of nitrogens with zero attached hydrogens (tertiary/aromatic N) is 1. The predicted molar refractivity (Wildman–Crippen MR) is 101 cm³/mol. The van der Waals surface area contributed by atoms with Crippen LogP contribution in [-0.2, 0) is 32.9 Å². The van der Waals surface area contributed by atoms with Gasteiger partial charge in [-0.15, -0.1) is 0 Å². The van der Waals surface area contributed by atoms with Crippen molar-refractivity contribution in [3.05, 3.63) is 65.2 Å². The highest BCUT2D eigenvalue weighted by atomic mass is 16.7. The highest BCUT2D eigenvalue weighted by Crippen LogP contribution is 2.46. The monoisotopic (exact) mass is 351 g/mol. The Labute approximate surface area is 154 Å². The van der Waals surface area contributed by atoms with Crippen molar-refractivity contribution in [2.75, 3.05) is 24.7 Å². The Balaban J connectivity index is 1.64. The smallest absolute Gasteiger partial charge is 0.292 e. The van der Waals surface area contributed by atoms with Crippen LogP contribution in [-0.4, -0.2) is 25.7 Å². The molecule has 2 aliphatic rings. The molecule has 4 heteroatoms. The molecule has 0 aromatic heterocycles. The largest absolute Gasteiger partial charge is 0.336 e. The van der Waals surface area contributed by atoms with Crippen LogP contribution in [0.1, 0.15) is 36.5 Å². The van der Waals surface area contributed by atoms with Gasteiger partial charge in [-0.05, 0) is 42.5 Å². The van der Waals surface area contributed by atoms with E-state index in [1.54, 1.807) is 0 Å². The lowest BCUT2D eigenvalue weighted by atomic mass is 10.0. The van der Waals surface area contributed by atoms with Gasteiger partial charge in [0, 0.05) is 12.1 Å². The first kappa shape index (κ1) is 17.3. The summed E-state index contributed by atoms with van der Waals surface area (Å²) in [4.78, 5) is 15.0. The van der Waals surface area contributed by atoms with E-state index in [1.165, 1.54) is 11.1 Å². The lowest BCUT2D eigenvalue weighted by Crippen LogP contribution is -2.42. The molecule has 2 heterocycles. The Morgan fingerprint density at radius 1 is 1.00 bits per heavy atom. The van der Waals surface area contributed by atoms with Crippen molar-refractivity contribution in [3.63, 3.8) is 0 Å². The van der Waals surface area contributed by atoms with Crippen molar-refractivity contribution in [2.24, 2.45) is 0 Å². The molecule has 0 saturated carbocycles. The summed E-state index contributed by atoms with van der Waals surface area (Å²) in [7, 11) is 0. The molecule has 1 amide bonds. The molecule has 0 radical (unpaired) electrons. The molecule has 4 nitrogen and oxygen atoms in total. The Morgan fingerprint density at radius 3 is 2.50 bits per heavy atom. The second kappa shape index (κ2) is 7.22. The minimum absolute atomic E-state index is 0.0893. The van der Waals surface area contributed by atoms with Crippen molar-refractivity contribution < 1.29 is 14.3 Å². The Morgan fingerprint density at radius 2 is 1.77 bits per heavy atom. The molecular formula is C22H25NO3. The first-order chi connectivity index (χ1) is 12.7. The number of carbonyl (C=O) groups excluding carboxylic acids is 1. The number of amides is 1. The maximum atomic E-state index is 13.2. The third kappa shape index (κ3) is 2.93. The van der Waals surface area contributed by atoms with E-state index in [0.29, 0.717) is 19.8 Å². The molecular weight excluding hydrogens is 326 g/mol. The number of ether oxygens (including phenoxy) is 2. The summed E-state index contributed by atoms with van der Waals surface area (Å²) in [5.41, 5.74) is 4.26. The fourth-order valence-corrected chi connectivity index (χ4v) is 3.82. The zero-order valence-corrected chi connectivity index (χ0v) is 15.2. The molecule has 0 bridgehead atoms. The van der Waals surface area contributed by atoms with Crippen molar-refractivity contribution in [2.45, 2.75) is 38.4 Å². The van der Waals surface area contributed by atoms with Crippen LogP contribution < -0.4 is 4.90 Å². The summed E-state index contributed by atoms with van der Waals surface area (Å²) < 4.78 is 11.7. The van der Waals surface area contributed by atoms with Crippen LogP contribution in [0.3, 0.4) is 0 Å². The van der Waals surface area contributed by atoms with Crippen LogP contribution in [0.25, 0.3) is 0 Å². The summed E-state index contributed by atoms with van der Waals surface area (Å²) in [5, 5.41) is 0. The van der Waals surface area contributed by atoms with Crippen LogP contribution in [0.2, 0.25) is 0 Å². The molecule has 26 heavy (non-hydrogen) atoms. The normalized spacial score (nSPS) is 17.9. The number of anilines is 1. The molecule has 0 atom stereocenters. The van der Waals surface area contributed by atoms with E-state index in [2.05, 4.69) is 37.3 Å². The average molecular weight is 351 g/mol. The van der Waals surface area contributed by atoms with E-state index in [1.807, 2.05) is 23.1 Å². The van der Waals surface area contributed by atoms with Gasteiger partial charge in [0.05, 0.1) is 18.9 Å². The van der Waals surface area contributed by atoms with Gasteiger partial charge >= 0.3 is 0 Å². The maximum absolute atomic E-state index is 13.2. The molecule has 4 rings (SSSR count). The number of aryl methyl sites for hydroxylation is 1. The zero-order chi connectivity index (χ0) is 18.0. The molecule has 2 aromatic carbocycles. The van der Waals surface area contributed by atoms with Gasteiger partial charge in [-0.2, -0.15) is 0 Å². The number of benzene rings is 2. The fraction of sp³-hybridized carbons (Fsp3) is 0.409. The first-order valence-electron chi connectivity index (χ1n) is 9.52. The predicted octanol–water partition coefficient (Wildman–Crippen LogP) is 3.82. The number of carbonyl (C=O) groups is 1. The van der Waals surface area contributed by atoms with Crippen LogP contribution >= 0.6 is 0 Å². The van der Waals surface area contributed by atoms with Gasteiger partial charge in [-0.25, -0.2) is 0 Å². The van der Waals surface area contributed by atoms with Crippen molar-refractivity contribution in [1.82, 2.24) is 0 Å². The van der Waals surface area contributed by atoms with E-state index in [0.717, 1.165) is 36.9 Å². The van der Waals surface area contributed by atoms with Gasteiger partial charge in [0.15, 0.2) is 0 Å². The van der Waals surface area contributed by atoms with Gasteiger partial charge in [-0.3, -0.25) is 4.79 Å². The van der Waals surface area contributed by atoms with E-state index in [9.17, 15) is 4.79 Å². The van der Waals surface area contributed by atoms with Gasteiger partial charge in [-0.1, -0.05) is 49.7 Å². The van der Waals surface area contributed by atoms with Crippen LogP contribution in [0.4, 0.5) is 5.69 Å². The van der Waals surface area contributed by atoms with E-state index in [-0.39, 0.29) is 5.91 Å². The number of unbranched alkanes of at least 4 members (excludes halogenated alkanes) is 1. The van der Waals surface area contributed by atoms with Gasteiger partial charge in [0.25, 0.3) is 11.7 Å². The minimum Gasteiger partial charge on any atom is -0.336 e. The molecule has 2 aliphatic heterocycles. The molecule has 1 saturated heterocycles. The third-order valence-corrected chi connectivity index (χ3v) is 5.21. The summed E-state index contributed by atoms with van der Waals surface area (Å²) in [6, 6.07) is 16.5. The van der Waals surface area contributed by atoms with Crippen LogP contribution in [0.15, 0.2) is 48.5 Å². The second-order valence-corrected chi connectivity index (χ2v) is 6.96. The molecule has 0 N–H and O–H groups in total. The van der Waals surface area contributed by atoms with E-state index in [4.69, 9.17) is 9.47 Å². The highest BCUT2D eigenvalue weighted by Gasteiger charge is 2.55. The summed E-state index contributed by atoms with van der Waals surface area (Å²) in [6.07, 6.45) is 4.11. The number of hydrogen-bond donors (Lipinski definition) is 0. The maximum Gasteiger partial charge on any atom is 0.292 e. The number of hydrogen-bond acceptors (Lipinski definition) is 3. The fourth-order valence-electron chi connectivity index (χ4n) is 3.82. The summed E-state index contributed by atoms with van der Waals surface area (Å²) in [6.45, 7) is 3.72. The minimum atomic E-state index is -1.23. The Bertz CT molecular complexity index is 781. The third-order valence-electron chi connectivity index (χ3n) is 5.21. The molecule has 136 valence electrons. The average Bonchev–Trinajstić information content (AvgIpc) is 3.26. The molecule has 1 spiro atoms. The quantitative estimate of drug-likeness (QED) is 0.794. The highest BCUT2D eigenvalue weighted by molar-refractivity contribution is 6.06.